The Morgan fingerprint density at radius 1 is 1.29 bits per heavy atom. The molecule has 0 aliphatic carbocycles. The van der Waals surface area contributed by atoms with E-state index in [0.717, 1.165) is 11.3 Å². The summed E-state index contributed by atoms with van der Waals surface area (Å²) in [5.74, 6) is 0.625. The summed E-state index contributed by atoms with van der Waals surface area (Å²) in [6, 6.07) is 8.89. The summed E-state index contributed by atoms with van der Waals surface area (Å²) in [5.41, 5.74) is 7.12. The van der Waals surface area contributed by atoms with Crippen LogP contribution in [0.15, 0.2) is 39.6 Å². The smallest absolute Gasteiger partial charge is 0.280 e. The third-order valence-corrected chi connectivity index (χ3v) is 1.93. The van der Waals surface area contributed by atoms with Gasteiger partial charge in [-0.2, -0.15) is 5.16 Å². The molecular weight excluding hydrogens is 180 g/mol. The second-order valence-corrected chi connectivity index (χ2v) is 3.10. The van der Waals surface area contributed by atoms with E-state index in [9.17, 15) is 4.79 Å². The first-order valence-corrected chi connectivity index (χ1v) is 4.26. The molecule has 1 heterocycles. The first-order valence-electron chi connectivity index (χ1n) is 4.26. The van der Waals surface area contributed by atoms with Gasteiger partial charge < -0.3 is 10.3 Å². The first-order chi connectivity index (χ1) is 6.74. The van der Waals surface area contributed by atoms with Crippen molar-refractivity contribution < 1.29 is 4.52 Å². The van der Waals surface area contributed by atoms with Crippen LogP contribution < -0.4 is 11.3 Å². The average Bonchev–Trinajstić information content (AvgIpc) is 2.56. The molecule has 0 radical (unpaired) electrons. The van der Waals surface area contributed by atoms with Crippen molar-refractivity contribution >= 4 is 5.69 Å². The second-order valence-electron chi connectivity index (χ2n) is 3.10. The first kappa shape index (κ1) is 8.62. The van der Waals surface area contributed by atoms with E-state index in [0.29, 0.717) is 12.2 Å². The van der Waals surface area contributed by atoms with Gasteiger partial charge in [0.2, 0.25) is 0 Å². The van der Waals surface area contributed by atoms with Crippen molar-refractivity contribution in [1.29, 1.82) is 0 Å². The standard InChI is InChI=1S/C10H10N2O2/c11-8-3-1-7(2-4-8)5-9-6-10(13)12-14-9/h1-4,6H,5,11H2,(H,12,13). The Kier molecular flexibility index (Phi) is 2.10. The Morgan fingerprint density at radius 2 is 2.00 bits per heavy atom. The molecule has 0 saturated heterocycles. The summed E-state index contributed by atoms with van der Waals surface area (Å²) in [6.45, 7) is 0. The number of hydrogen-bond acceptors (Lipinski definition) is 3. The molecule has 0 atom stereocenters. The highest BCUT2D eigenvalue weighted by Crippen LogP contribution is 2.09. The minimum absolute atomic E-state index is 0.213. The van der Waals surface area contributed by atoms with E-state index in [4.69, 9.17) is 10.3 Å². The molecular formula is C10H10N2O2. The van der Waals surface area contributed by atoms with Crippen LogP contribution in [0.5, 0.6) is 0 Å². The van der Waals surface area contributed by atoms with E-state index in [1.54, 1.807) is 0 Å². The summed E-state index contributed by atoms with van der Waals surface area (Å²) < 4.78 is 4.93. The van der Waals surface area contributed by atoms with Crippen LogP contribution in [0.4, 0.5) is 5.69 Å². The highest BCUT2D eigenvalue weighted by atomic mass is 16.5. The summed E-state index contributed by atoms with van der Waals surface area (Å²) in [5, 5.41) is 2.25. The van der Waals surface area contributed by atoms with Crippen molar-refractivity contribution in [2.24, 2.45) is 0 Å². The van der Waals surface area contributed by atoms with Crippen LogP contribution in [0.1, 0.15) is 11.3 Å². The lowest BCUT2D eigenvalue weighted by Gasteiger charge is -1.97. The molecule has 0 amide bonds. The fourth-order valence-electron chi connectivity index (χ4n) is 1.24. The third-order valence-electron chi connectivity index (χ3n) is 1.93. The van der Waals surface area contributed by atoms with Crippen molar-refractivity contribution in [3.05, 3.63) is 52.0 Å². The number of nitrogens with two attached hydrogens (primary N) is 1. The van der Waals surface area contributed by atoms with E-state index in [1.807, 2.05) is 24.3 Å². The number of aromatic amines is 1. The van der Waals surface area contributed by atoms with Crippen molar-refractivity contribution in [2.75, 3.05) is 5.73 Å². The van der Waals surface area contributed by atoms with Crippen LogP contribution in [-0.2, 0) is 6.42 Å². The SMILES string of the molecule is Nc1ccc(Cc2cc(=O)[nH]o2)cc1. The van der Waals surface area contributed by atoms with Gasteiger partial charge in [-0.15, -0.1) is 0 Å². The van der Waals surface area contributed by atoms with Gasteiger partial charge in [0.1, 0.15) is 5.76 Å². The summed E-state index contributed by atoms with van der Waals surface area (Å²) >= 11 is 0. The maximum absolute atomic E-state index is 10.8. The lowest BCUT2D eigenvalue weighted by molar-refractivity contribution is 0.384. The van der Waals surface area contributed by atoms with Crippen molar-refractivity contribution in [1.82, 2.24) is 5.16 Å². The van der Waals surface area contributed by atoms with Gasteiger partial charge >= 0.3 is 0 Å². The van der Waals surface area contributed by atoms with E-state index in [1.165, 1.54) is 6.07 Å². The number of H-pyrrole nitrogens is 1. The Balaban J connectivity index is 2.19. The van der Waals surface area contributed by atoms with Gasteiger partial charge in [0.05, 0.1) is 0 Å². The molecule has 0 saturated carbocycles. The van der Waals surface area contributed by atoms with E-state index in [2.05, 4.69) is 5.16 Å². The molecule has 1 aromatic carbocycles. The van der Waals surface area contributed by atoms with Crippen molar-refractivity contribution in [2.45, 2.75) is 6.42 Å². The molecule has 0 aliphatic rings. The van der Waals surface area contributed by atoms with Gasteiger partial charge in [0.15, 0.2) is 0 Å². The lowest BCUT2D eigenvalue weighted by Crippen LogP contribution is -1.93. The van der Waals surface area contributed by atoms with Gasteiger partial charge in [-0.05, 0) is 17.7 Å². The molecule has 3 N–H and O–H groups in total. The summed E-state index contributed by atoms with van der Waals surface area (Å²) in [6.07, 6.45) is 0.596. The maximum Gasteiger partial charge on any atom is 0.280 e. The molecule has 0 spiro atoms. The zero-order valence-electron chi connectivity index (χ0n) is 7.49. The minimum Gasteiger partial charge on any atom is -0.399 e. The molecule has 4 heteroatoms. The molecule has 2 aromatic rings. The molecule has 2 rings (SSSR count). The van der Waals surface area contributed by atoms with Gasteiger partial charge in [0, 0.05) is 18.2 Å². The summed E-state index contributed by atoms with van der Waals surface area (Å²) in [4.78, 5) is 10.8. The van der Waals surface area contributed by atoms with Crippen LogP contribution in [-0.4, -0.2) is 5.16 Å². The van der Waals surface area contributed by atoms with Crippen LogP contribution in [0.2, 0.25) is 0 Å². The second kappa shape index (κ2) is 3.41. The van der Waals surface area contributed by atoms with Crippen LogP contribution in [0.3, 0.4) is 0 Å². The van der Waals surface area contributed by atoms with Crippen LogP contribution in [0, 0.1) is 0 Å². The van der Waals surface area contributed by atoms with E-state index in [-0.39, 0.29) is 5.56 Å². The third kappa shape index (κ3) is 1.85. The number of nitrogen functional groups attached to an aromatic ring is 1. The van der Waals surface area contributed by atoms with Crippen molar-refractivity contribution in [3.63, 3.8) is 0 Å². The Hall–Kier alpha value is -1.97. The van der Waals surface area contributed by atoms with Crippen molar-refractivity contribution in [3.8, 4) is 0 Å². The Bertz CT molecular complexity index is 467. The predicted molar refractivity (Wildman–Crippen MR) is 53.0 cm³/mol. The highest BCUT2D eigenvalue weighted by Gasteiger charge is 2.00. The molecule has 1 aromatic heterocycles. The number of hydrogen-bond donors (Lipinski definition) is 2. The largest absolute Gasteiger partial charge is 0.399 e. The summed E-state index contributed by atoms with van der Waals surface area (Å²) in [7, 11) is 0. The van der Waals surface area contributed by atoms with E-state index >= 15 is 0 Å². The quantitative estimate of drug-likeness (QED) is 0.697. The highest BCUT2D eigenvalue weighted by molar-refractivity contribution is 5.39. The fraction of sp³-hybridized carbons (Fsp3) is 0.100. The molecule has 14 heavy (non-hydrogen) atoms. The molecule has 0 fully saturated rings. The number of benzene rings is 1. The van der Waals surface area contributed by atoms with Crippen LogP contribution in [0.25, 0.3) is 0 Å². The Morgan fingerprint density at radius 3 is 2.57 bits per heavy atom. The Labute approximate surface area is 80.3 Å². The number of anilines is 1. The number of rotatable bonds is 2. The fourth-order valence-corrected chi connectivity index (χ4v) is 1.24. The molecule has 0 bridgehead atoms. The van der Waals surface area contributed by atoms with Crippen LogP contribution >= 0.6 is 0 Å². The van der Waals surface area contributed by atoms with Gasteiger partial charge in [-0.25, -0.2) is 0 Å². The van der Waals surface area contributed by atoms with Gasteiger partial charge in [-0.1, -0.05) is 12.1 Å². The number of nitrogens with one attached hydrogen (secondary N) is 1. The zero-order chi connectivity index (χ0) is 9.97. The maximum atomic E-state index is 10.8. The minimum atomic E-state index is -0.213. The van der Waals surface area contributed by atoms with E-state index < -0.39 is 0 Å². The number of aromatic nitrogens is 1. The zero-order valence-corrected chi connectivity index (χ0v) is 7.49. The molecule has 4 nitrogen and oxygen atoms in total. The lowest BCUT2D eigenvalue weighted by atomic mass is 10.1. The molecule has 0 unspecified atom stereocenters. The molecule has 72 valence electrons. The van der Waals surface area contributed by atoms with Gasteiger partial charge in [-0.3, -0.25) is 4.79 Å². The topological polar surface area (TPSA) is 72.0 Å². The predicted octanol–water partition coefficient (Wildman–Crippen LogP) is 1.14. The molecule has 0 aliphatic heterocycles. The van der Waals surface area contributed by atoms with Gasteiger partial charge in [0.25, 0.3) is 5.56 Å². The normalized spacial score (nSPS) is 10.3. The average molecular weight is 190 g/mol. The monoisotopic (exact) mass is 190 g/mol.